The second kappa shape index (κ2) is 6.35. The lowest BCUT2D eigenvalue weighted by Crippen LogP contribution is -2.38. The van der Waals surface area contributed by atoms with Gasteiger partial charge in [0, 0.05) is 25.9 Å². The third kappa shape index (κ3) is 4.07. The molecule has 0 spiro atoms. The first-order chi connectivity index (χ1) is 6.34. The predicted molar refractivity (Wildman–Crippen MR) is 52.6 cm³/mol. The molecule has 1 saturated heterocycles. The van der Waals surface area contributed by atoms with E-state index in [4.69, 9.17) is 15.2 Å². The van der Waals surface area contributed by atoms with Gasteiger partial charge in [-0.1, -0.05) is 6.92 Å². The summed E-state index contributed by atoms with van der Waals surface area (Å²) in [6, 6.07) is 0.204. The molecule has 1 unspecified atom stereocenters. The third-order valence-electron chi connectivity index (χ3n) is 2.53. The van der Waals surface area contributed by atoms with Crippen molar-refractivity contribution in [3.8, 4) is 0 Å². The van der Waals surface area contributed by atoms with Crippen LogP contribution in [0.3, 0.4) is 0 Å². The smallest absolute Gasteiger partial charge is 0.0620 e. The van der Waals surface area contributed by atoms with E-state index in [0.29, 0.717) is 12.5 Å². The van der Waals surface area contributed by atoms with Crippen LogP contribution in [0.5, 0.6) is 0 Å². The van der Waals surface area contributed by atoms with Crippen molar-refractivity contribution in [2.24, 2.45) is 11.7 Å². The van der Waals surface area contributed by atoms with Crippen molar-refractivity contribution >= 4 is 0 Å². The fourth-order valence-electron chi connectivity index (χ4n) is 1.64. The average molecular weight is 187 g/mol. The Bertz CT molecular complexity index is 124. The molecule has 1 atom stereocenters. The van der Waals surface area contributed by atoms with Crippen LogP contribution < -0.4 is 5.73 Å². The number of ether oxygens (including phenoxy) is 2. The summed E-state index contributed by atoms with van der Waals surface area (Å²) in [6.45, 7) is 5.38. The Balaban J connectivity index is 2.09. The van der Waals surface area contributed by atoms with Gasteiger partial charge in [0.25, 0.3) is 0 Å². The lowest BCUT2D eigenvalue weighted by molar-refractivity contribution is 0.0373. The van der Waals surface area contributed by atoms with Crippen molar-refractivity contribution in [1.82, 2.24) is 0 Å². The van der Waals surface area contributed by atoms with Crippen molar-refractivity contribution in [3.63, 3.8) is 0 Å². The third-order valence-corrected chi connectivity index (χ3v) is 2.53. The van der Waals surface area contributed by atoms with E-state index in [1.54, 1.807) is 0 Å². The molecular formula is C10H21NO2. The molecule has 0 amide bonds. The van der Waals surface area contributed by atoms with Crippen LogP contribution in [-0.4, -0.2) is 32.5 Å². The first kappa shape index (κ1) is 11.0. The molecule has 78 valence electrons. The summed E-state index contributed by atoms with van der Waals surface area (Å²) >= 11 is 0. The molecule has 13 heavy (non-hydrogen) atoms. The van der Waals surface area contributed by atoms with E-state index in [1.165, 1.54) is 0 Å². The molecular weight excluding hydrogens is 166 g/mol. The van der Waals surface area contributed by atoms with Gasteiger partial charge in [0.05, 0.1) is 6.61 Å². The molecule has 0 aliphatic carbocycles. The Morgan fingerprint density at radius 3 is 2.77 bits per heavy atom. The van der Waals surface area contributed by atoms with E-state index >= 15 is 0 Å². The predicted octanol–water partition coefficient (Wildman–Crippen LogP) is 1.17. The molecule has 0 bridgehead atoms. The van der Waals surface area contributed by atoms with Gasteiger partial charge in [0.15, 0.2) is 0 Å². The summed E-state index contributed by atoms with van der Waals surface area (Å²) in [4.78, 5) is 0. The Morgan fingerprint density at radius 2 is 2.15 bits per heavy atom. The van der Waals surface area contributed by atoms with Crippen molar-refractivity contribution < 1.29 is 9.47 Å². The molecule has 0 saturated carbocycles. The highest BCUT2D eigenvalue weighted by Gasteiger charge is 2.20. The highest BCUT2D eigenvalue weighted by Crippen LogP contribution is 2.17. The zero-order valence-corrected chi connectivity index (χ0v) is 8.50. The van der Waals surface area contributed by atoms with E-state index < -0.39 is 0 Å². The maximum absolute atomic E-state index is 6.01. The molecule has 1 aliphatic rings. The normalized spacial score (nSPS) is 21.7. The number of hydrogen-bond donors (Lipinski definition) is 1. The van der Waals surface area contributed by atoms with Gasteiger partial charge in [-0.15, -0.1) is 0 Å². The van der Waals surface area contributed by atoms with E-state index in [1.807, 2.05) is 0 Å². The van der Waals surface area contributed by atoms with Gasteiger partial charge in [0.2, 0.25) is 0 Å². The van der Waals surface area contributed by atoms with Crippen LogP contribution in [0.2, 0.25) is 0 Å². The van der Waals surface area contributed by atoms with Crippen molar-refractivity contribution in [1.29, 1.82) is 0 Å². The second-order valence-corrected chi connectivity index (χ2v) is 3.69. The van der Waals surface area contributed by atoms with Gasteiger partial charge in [-0.25, -0.2) is 0 Å². The highest BCUT2D eigenvalue weighted by atomic mass is 16.5. The van der Waals surface area contributed by atoms with Crippen LogP contribution in [-0.2, 0) is 9.47 Å². The first-order valence-electron chi connectivity index (χ1n) is 5.25. The zero-order valence-electron chi connectivity index (χ0n) is 8.50. The fraction of sp³-hybridized carbons (Fsp3) is 1.00. The summed E-state index contributed by atoms with van der Waals surface area (Å²) in [7, 11) is 0. The van der Waals surface area contributed by atoms with Crippen LogP contribution in [0, 0.1) is 5.92 Å². The Morgan fingerprint density at radius 1 is 1.46 bits per heavy atom. The van der Waals surface area contributed by atoms with Gasteiger partial charge >= 0.3 is 0 Å². The van der Waals surface area contributed by atoms with Gasteiger partial charge in [-0.3, -0.25) is 0 Å². The molecule has 0 aromatic rings. The van der Waals surface area contributed by atoms with Crippen LogP contribution in [0.15, 0.2) is 0 Å². The Kier molecular flexibility index (Phi) is 5.35. The second-order valence-electron chi connectivity index (χ2n) is 3.69. The topological polar surface area (TPSA) is 44.5 Å². The molecule has 0 aromatic carbocycles. The molecule has 3 nitrogen and oxygen atoms in total. The molecule has 0 radical (unpaired) electrons. The number of rotatable bonds is 5. The minimum absolute atomic E-state index is 0.204. The molecule has 1 fully saturated rings. The zero-order chi connectivity index (χ0) is 9.52. The number of nitrogens with two attached hydrogens (primary N) is 1. The lowest BCUT2D eigenvalue weighted by Gasteiger charge is -2.27. The fourth-order valence-corrected chi connectivity index (χ4v) is 1.64. The summed E-state index contributed by atoms with van der Waals surface area (Å²) in [5.41, 5.74) is 6.01. The van der Waals surface area contributed by atoms with Gasteiger partial charge < -0.3 is 15.2 Å². The first-order valence-corrected chi connectivity index (χ1v) is 5.25. The van der Waals surface area contributed by atoms with Crippen molar-refractivity contribution in [2.45, 2.75) is 32.2 Å². The maximum atomic E-state index is 6.01. The molecule has 1 rings (SSSR count). The molecule has 1 aliphatic heterocycles. The summed E-state index contributed by atoms with van der Waals surface area (Å²) in [5, 5.41) is 0. The average Bonchev–Trinajstić information content (AvgIpc) is 2.19. The highest BCUT2D eigenvalue weighted by molar-refractivity contribution is 4.74. The minimum atomic E-state index is 0.204. The van der Waals surface area contributed by atoms with Crippen LogP contribution in [0.25, 0.3) is 0 Å². The van der Waals surface area contributed by atoms with Crippen molar-refractivity contribution in [3.05, 3.63) is 0 Å². The Hall–Kier alpha value is -0.120. The Labute approximate surface area is 80.6 Å². The van der Waals surface area contributed by atoms with E-state index in [-0.39, 0.29) is 6.04 Å². The summed E-state index contributed by atoms with van der Waals surface area (Å²) in [6.07, 6.45) is 3.26. The maximum Gasteiger partial charge on any atom is 0.0620 e. The monoisotopic (exact) mass is 187 g/mol. The van der Waals surface area contributed by atoms with Crippen molar-refractivity contribution in [2.75, 3.05) is 26.4 Å². The summed E-state index contributed by atoms with van der Waals surface area (Å²) < 4.78 is 10.7. The van der Waals surface area contributed by atoms with Gasteiger partial charge in [0.1, 0.15) is 0 Å². The quantitative estimate of drug-likeness (QED) is 0.657. The van der Waals surface area contributed by atoms with E-state index in [0.717, 1.165) is 39.1 Å². The molecule has 2 N–H and O–H groups in total. The van der Waals surface area contributed by atoms with E-state index in [2.05, 4.69) is 6.92 Å². The van der Waals surface area contributed by atoms with Crippen LogP contribution in [0.1, 0.15) is 26.2 Å². The minimum Gasteiger partial charge on any atom is -0.381 e. The largest absolute Gasteiger partial charge is 0.381 e. The summed E-state index contributed by atoms with van der Waals surface area (Å²) in [5.74, 6) is 0.602. The SMILES string of the molecule is CCCOCC(N)C1CCOCC1. The van der Waals surface area contributed by atoms with Gasteiger partial charge in [-0.2, -0.15) is 0 Å². The van der Waals surface area contributed by atoms with Gasteiger partial charge in [-0.05, 0) is 25.2 Å². The number of hydrogen-bond acceptors (Lipinski definition) is 3. The van der Waals surface area contributed by atoms with Crippen LogP contribution >= 0.6 is 0 Å². The molecule has 1 heterocycles. The molecule has 0 aromatic heterocycles. The standard InChI is InChI=1S/C10H21NO2/c1-2-5-13-8-10(11)9-3-6-12-7-4-9/h9-10H,2-8,11H2,1H3. The van der Waals surface area contributed by atoms with E-state index in [9.17, 15) is 0 Å². The lowest BCUT2D eigenvalue weighted by atomic mass is 9.93. The van der Waals surface area contributed by atoms with Crippen LogP contribution in [0.4, 0.5) is 0 Å². The molecule has 3 heteroatoms.